The molecule has 0 saturated carbocycles. The number of benzene rings is 1. The largest absolute Gasteiger partial charge is 0.309 e. The zero-order valence-electron chi connectivity index (χ0n) is 11.4. The molecule has 1 aromatic rings. The van der Waals surface area contributed by atoms with Crippen LogP contribution in [0.15, 0.2) is 24.3 Å². The predicted octanol–water partition coefficient (Wildman–Crippen LogP) is 3.33. The van der Waals surface area contributed by atoms with E-state index in [1.165, 1.54) is 5.56 Å². The van der Waals surface area contributed by atoms with Gasteiger partial charge in [-0.3, -0.25) is 4.79 Å². The zero-order valence-corrected chi connectivity index (χ0v) is 11.4. The molecule has 1 rings (SSSR count). The van der Waals surface area contributed by atoms with Crippen molar-refractivity contribution in [1.82, 2.24) is 4.90 Å². The van der Waals surface area contributed by atoms with Crippen molar-refractivity contribution in [3.8, 4) is 0 Å². The maximum absolute atomic E-state index is 12.0. The van der Waals surface area contributed by atoms with Gasteiger partial charge in [0.15, 0.2) is 5.78 Å². The highest BCUT2D eigenvalue weighted by atomic mass is 16.1. The third kappa shape index (κ3) is 4.70. The molecule has 0 heterocycles. The van der Waals surface area contributed by atoms with Gasteiger partial charge in [0, 0.05) is 12.0 Å². The molecule has 1 aromatic carbocycles. The molecule has 0 aliphatic rings. The van der Waals surface area contributed by atoms with Crippen molar-refractivity contribution in [3.05, 3.63) is 35.4 Å². The molecule has 0 amide bonds. The van der Waals surface area contributed by atoms with Crippen LogP contribution in [0, 0.1) is 0 Å². The summed E-state index contributed by atoms with van der Waals surface area (Å²) in [5, 5.41) is 0. The van der Waals surface area contributed by atoms with Crippen molar-refractivity contribution >= 4 is 5.78 Å². The van der Waals surface area contributed by atoms with Gasteiger partial charge in [0.05, 0.1) is 0 Å². The van der Waals surface area contributed by atoms with Crippen LogP contribution >= 0.6 is 0 Å². The normalized spacial score (nSPS) is 11.2. The van der Waals surface area contributed by atoms with Gasteiger partial charge in [-0.25, -0.2) is 0 Å². The maximum Gasteiger partial charge on any atom is 0.162 e. The molecular formula is C15H23NO. The summed E-state index contributed by atoms with van der Waals surface area (Å²) in [5.74, 6) is 0.735. The van der Waals surface area contributed by atoms with E-state index in [9.17, 15) is 4.79 Å². The highest BCUT2D eigenvalue weighted by Gasteiger charge is 2.07. The van der Waals surface area contributed by atoms with E-state index in [2.05, 4.69) is 24.8 Å². The number of ketones is 1. The lowest BCUT2D eigenvalue weighted by atomic mass is 9.98. The topological polar surface area (TPSA) is 20.3 Å². The van der Waals surface area contributed by atoms with Crippen LogP contribution in [-0.2, 0) is 0 Å². The van der Waals surface area contributed by atoms with Crippen LogP contribution in [-0.4, -0.2) is 31.3 Å². The zero-order chi connectivity index (χ0) is 12.8. The molecule has 2 heteroatoms. The van der Waals surface area contributed by atoms with Crippen molar-refractivity contribution in [2.24, 2.45) is 0 Å². The standard InChI is InChI=1S/C15H23NO/c1-12(2)13-7-5-8-14(11-13)15(17)9-6-10-16(3)4/h5,7-8,11-12H,6,9-10H2,1-4H3. The summed E-state index contributed by atoms with van der Waals surface area (Å²) >= 11 is 0. The number of hydrogen-bond donors (Lipinski definition) is 0. The van der Waals surface area contributed by atoms with Gasteiger partial charge in [-0.1, -0.05) is 32.0 Å². The molecule has 0 spiro atoms. The Morgan fingerprint density at radius 2 is 2.00 bits per heavy atom. The van der Waals surface area contributed by atoms with Crippen molar-refractivity contribution in [2.45, 2.75) is 32.6 Å². The summed E-state index contributed by atoms with van der Waals surface area (Å²) in [6, 6.07) is 8.02. The minimum absolute atomic E-state index is 0.259. The summed E-state index contributed by atoms with van der Waals surface area (Å²) in [5.41, 5.74) is 2.10. The van der Waals surface area contributed by atoms with Crippen molar-refractivity contribution in [2.75, 3.05) is 20.6 Å². The van der Waals surface area contributed by atoms with E-state index >= 15 is 0 Å². The summed E-state index contributed by atoms with van der Waals surface area (Å²) in [7, 11) is 4.06. The summed E-state index contributed by atoms with van der Waals surface area (Å²) in [6.45, 7) is 5.26. The van der Waals surface area contributed by atoms with Crippen molar-refractivity contribution in [1.29, 1.82) is 0 Å². The first-order valence-corrected chi connectivity index (χ1v) is 6.28. The molecule has 0 N–H and O–H groups in total. The number of rotatable bonds is 6. The minimum atomic E-state index is 0.259. The molecule has 0 radical (unpaired) electrons. The Bertz CT molecular complexity index is 369. The number of Topliss-reactive ketones (excluding diaryl/α,β-unsaturated/α-hetero) is 1. The summed E-state index contributed by atoms with van der Waals surface area (Å²) in [6.07, 6.45) is 1.57. The first-order chi connectivity index (χ1) is 8.00. The molecule has 0 atom stereocenters. The number of carbonyl (C=O) groups is 1. The van der Waals surface area contributed by atoms with Gasteiger partial charge in [0.1, 0.15) is 0 Å². The van der Waals surface area contributed by atoms with Crippen LogP contribution in [0.3, 0.4) is 0 Å². The third-order valence-corrected chi connectivity index (χ3v) is 2.88. The molecule has 2 nitrogen and oxygen atoms in total. The first-order valence-electron chi connectivity index (χ1n) is 6.28. The smallest absolute Gasteiger partial charge is 0.162 e. The second kappa shape index (κ2) is 6.55. The molecular weight excluding hydrogens is 210 g/mol. The molecule has 0 aliphatic carbocycles. The van der Waals surface area contributed by atoms with Crippen LogP contribution in [0.25, 0.3) is 0 Å². The molecule has 0 bridgehead atoms. The maximum atomic E-state index is 12.0. The van der Waals surface area contributed by atoms with Crippen LogP contribution in [0.2, 0.25) is 0 Å². The van der Waals surface area contributed by atoms with E-state index < -0.39 is 0 Å². The molecule has 0 saturated heterocycles. The molecule has 17 heavy (non-hydrogen) atoms. The Morgan fingerprint density at radius 1 is 1.29 bits per heavy atom. The molecule has 0 aromatic heterocycles. The monoisotopic (exact) mass is 233 g/mol. The lowest BCUT2D eigenvalue weighted by Crippen LogP contribution is -2.14. The number of carbonyl (C=O) groups excluding carboxylic acids is 1. The summed E-state index contributed by atoms with van der Waals surface area (Å²) in [4.78, 5) is 14.1. The number of nitrogens with zero attached hydrogens (tertiary/aromatic N) is 1. The van der Waals surface area contributed by atoms with Crippen LogP contribution in [0.4, 0.5) is 0 Å². The van der Waals surface area contributed by atoms with E-state index in [-0.39, 0.29) is 5.78 Å². The SMILES string of the molecule is CC(C)c1cccc(C(=O)CCCN(C)C)c1. The highest BCUT2D eigenvalue weighted by Crippen LogP contribution is 2.16. The van der Waals surface area contributed by atoms with Gasteiger partial charge in [-0.15, -0.1) is 0 Å². The molecule has 0 unspecified atom stereocenters. The Kier molecular flexibility index (Phi) is 5.36. The van der Waals surface area contributed by atoms with Gasteiger partial charge in [0.2, 0.25) is 0 Å². The van der Waals surface area contributed by atoms with Crippen LogP contribution in [0.5, 0.6) is 0 Å². The van der Waals surface area contributed by atoms with E-state index in [1.54, 1.807) is 0 Å². The first kappa shape index (κ1) is 13.9. The average Bonchev–Trinajstić information content (AvgIpc) is 2.28. The minimum Gasteiger partial charge on any atom is -0.309 e. The highest BCUT2D eigenvalue weighted by molar-refractivity contribution is 5.96. The quantitative estimate of drug-likeness (QED) is 0.702. The molecule has 94 valence electrons. The lowest BCUT2D eigenvalue weighted by Gasteiger charge is -2.09. The Labute approximate surface area is 105 Å². The Balaban J connectivity index is 2.59. The molecule has 0 aliphatic heterocycles. The van der Waals surface area contributed by atoms with Crippen molar-refractivity contribution < 1.29 is 4.79 Å². The fraction of sp³-hybridized carbons (Fsp3) is 0.533. The van der Waals surface area contributed by atoms with E-state index in [4.69, 9.17) is 0 Å². The second-order valence-electron chi connectivity index (χ2n) is 5.11. The fourth-order valence-electron chi connectivity index (χ4n) is 1.77. The van der Waals surface area contributed by atoms with E-state index in [1.807, 2.05) is 32.3 Å². The fourth-order valence-corrected chi connectivity index (χ4v) is 1.77. The van der Waals surface area contributed by atoms with Gasteiger partial charge >= 0.3 is 0 Å². The van der Waals surface area contributed by atoms with Crippen molar-refractivity contribution in [3.63, 3.8) is 0 Å². The average molecular weight is 233 g/mol. The van der Waals surface area contributed by atoms with Crippen LogP contribution < -0.4 is 0 Å². The second-order valence-corrected chi connectivity index (χ2v) is 5.11. The van der Waals surface area contributed by atoms with Gasteiger partial charge in [-0.05, 0) is 44.6 Å². The van der Waals surface area contributed by atoms with Crippen LogP contribution in [0.1, 0.15) is 48.5 Å². The Morgan fingerprint density at radius 3 is 2.59 bits per heavy atom. The number of hydrogen-bond acceptors (Lipinski definition) is 2. The van der Waals surface area contributed by atoms with Gasteiger partial charge in [0.25, 0.3) is 0 Å². The predicted molar refractivity (Wildman–Crippen MR) is 72.6 cm³/mol. The van der Waals surface area contributed by atoms with E-state index in [0.717, 1.165) is 18.5 Å². The van der Waals surface area contributed by atoms with E-state index in [0.29, 0.717) is 12.3 Å². The lowest BCUT2D eigenvalue weighted by molar-refractivity contribution is 0.0977. The molecule has 0 fully saturated rings. The van der Waals surface area contributed by atoms with Gasteiger partial charge < -0.3 is 4.90 Å². The Hall–Kier alpha value is -1.15. The summed E-state index contributed by atoms with van der Waals surface area (Å²) < 4.78 is 0. The third-order valence-electron chi connectivity index (χ3n) is 2.88. The van der Waals surface area contributed by atoms with Gasteiger partial charge in [-0.2, -0.15) is 0 Å².